The maximum absolute atomic E-state index is 10.9. The van der Waals surface area contributed by atoms with E-state index in [4.69, 9.17) is 5.73 Å². The van der Waals surface area contributed by atoms with E-state index in [9.17, 15) is 9.59 Å². The van der Waals surface area contributed by atoms with Crippen molar-refractivity contribution in [2.24, 2.45) is 5.73 Å². The molecule has 0 aliphatic carbocycles. The van der Waals surface area contributed by atoms with Crippen LogP contribution in [-0.2, 0) is 0 Å². The van der Waals surface area contributed by atoms with Crippen LogP contribution in [0, 0.1) is 11.8 Å². The van der Waals surface area contributed by atoms with Gasteiger partial charge in [0.25, 0.3) is 0 Å². The minimum absolute atomic E-state index is 0.393. The molecule has 1 heterocycles. The fraction of sp³-hybridized carbons (Fsp3) is 0. The number of aldehydes is 1. The molecule has 0 bridgehead atoms. The molecule has 0 saturated heterocycles. The van der Waals surface area contributed by atoms with Crippen LogP contribution in [0.5, 0.6) is 0 Å². The topological polar surface area (TPSA) is 72.2 Å². The first-order chi connectivity index (χ1) is 9.19. The lowest BCUT2D eigenvalue weighted by atomic mass is 10.2. The van der Waals surface area contributed by atoms with Gasteiger partial charge in [-0.15, -0.1) is 11.3 Å². The van der Waals surface area contributed by atoms with Gasteiger partial charge in [-0.05, 0) is 18.2 Å². The number of amides is 2. The number of carbonyl (C=O) groups excluding carboxylic acids is 2. The zero-order valence-corrected chi connectivity index (χ0v) is 10.7. The SMILES string of the molecule is NC(=O)Nc1cc(C#Cc2ccccc2)sc1C=O. The van der Waals surface area contributed by atoms with E-state index in [1.54, 1.807) is 6.07 Å². The predicted octanol–water partition coefficient (Wildman–Crippen LogP) is 2.45. The summed E-state index contributed by atoms with van der Waals surface area (Å²) in [6, 6.07) is 10.4. The van der Waals surface area contributed by atoms with E-state index >= 15 is 0 Å². The Labute approximate surface area is 114 Å². The number of hydrogen-bond donors (Lipinski definition) is 2. The van der Waals surface area contributed by atoms with Crippen molar-refractivity contribution in [3.05, 3.63) is 51.7 Å². The summed E-state index contributed by atoms with van der Waals surface area (Å²) in [5.41, 5.74) is 6.30. The van der Waals surface area contributed by atoms with Gasteiger partial charge in [0.05, 0.1) is 15.4 Å². The molecule has 3 N–H and O–H groups in total. The number of rotatable bonds is 2. The van der Waals surface area contributed by atoms with E-state index in [0.29, 0.717) is 21.7 Å². The molecule has 0 spiro atoms. The van der Waals surface area contributed by atoms with Crippen LogP contribution in [0.4, 0.5) is 10.5 Å². The van der Waals surface area contributed by atoms with Gasteiger partial charge in [0.1, 0.15) is 0 Å². The summed E-state index contributed by atoms with van der Waals surface area (Å²) >= 11 is 1.21. The molecule has 0 fully saturated rings. The molecule has 0 radical (unpaired) electrons. The second kappa shape index (κ2) is 5.85. The predicted molar refractivity (Wildman–Crippen MR) is 75.3 cm³/mol. The molecule has 1 aromatic heterocycles. The summed E-state index contributed by atoms with van der Waals surface area (Å²) < 4.78 is 0. The minimum Gasteiger partial charge on any atom is -0.351 e. The number of benzene rings is 1. The summed E-state index contributed by atoms with van der Waals surface area (Å²) in [5, 5.41) is 2.39. The Bertz CT molecular complexity index is 666. The molecule has 2 aromatic rings. The molecule has 2 amide bonds. The lowest BCUT2D eigenvalue weighted by molar-refractivity contribution is 0.112. The normalized spacial score (nSPS) is 9.26. The monoisotopic (exact) mass is 270 g/mol. The number of hydrogen-bond acceptors (Lipinski definition) is 3. The number of anilines is 1. The Balaban J connectivity index is 2.27. The van der Waals surface area contributed by atoms with E-state index in [-0.39, 0.29) is 0 Å². The summed E-state index contributed by atoms with van der Waals surface area (Å²) in [4.78, 5) is 22.7. The van der Waals surface area contributed by atoms with Crippen LogP contribution < -0.4 is 11.1 Å². The van der Waals surface area contributed by atoms with Gasteiger partial charge in [-0.25, -0.2) is 4.79 Å². The van der Waals surface area contributed by atoms with Gasteiger partial charge < -0.3 is 11.1 Å². The van der Waals surface area contributed by atoms with Crippen LogP contribution in [0.3, 0.4) is 0 Å². The molecule has 4 nitrogen and oxygen atoms in total. The largest absolute Gasteiger partial charge is 0.351 e. The van der Waals surface area contributed by atoms with Gasteiger partial charge >= 0.3 is 6.03 Å². The Kier molecular flexibility index (Phi) is 3.96. The van der Waals surface area contributed by atoms with Gasteiger partial charge in [0.15, 0.2) is 6.29 Å². The number of nitrogens with one attached hydrogen (secondary N) is 1. The third-order valence-corrected chi connectivity index (χ3v) is 3.21. The quantitative estimate of drug-likeness (QED) is 0.650. The zero-order chi connectivity index (χ0) is 13.7. The fourth-order valence-corrected chi connectivity index (χ4v) is 2.22. The highest BCUT2D eigenvalue weighted by atomic mass is 32.1. The summed E-state index contributed by atoms with van der Waals surface area (Å²) in [6.07, 6.45) is 0.670. The van der Waals surface area contributed by atoms with Gasteiger partial charge in [0, 0.05) is 5.56 Å². The number of nitrogens with two attached hydrogens (primary N) is 1. The highest BCUT2D eigenvalue weighted by Crippen LogP contribution is 2.24. The van der Waals surface area contributed by atoms with Crippen LogP contribution in [0.1, 0.15) is 20.1 Å². The molecule has 0 saturated carbocycles. The zero-order valence-electron chi connectivity index (χ0n) is 9.84. The van der Waals surface area contributed by atoms with Crippen molar-refractivity contribution in [3.8, 4) is 11.8 Å². The molecule has 5 heteroatoms. The maximum Gasteiger partial charge on any atom is 0.316 e. The highest BCUT2D eigenvalue weighted by molar-refractivity contribution is 7.14. The standard InChI is InChI=1S/C14H10N2O2S/c15-14(18)16-12-8-11(19-13(12)9-17)7-6-10-4-2-1-3-5-10/h1-5,8-9H,(H3,15,16,18). The Morgan fingerprint density at radius 2 is 2.00 bits per heavy atom. The summed E-state index contributed by atoms with van der Waals surface area (Å²) in [7, 11) is 0. The van der Waals surface area contributed by atoms with Gasteiger partial charge in [-0.3, -0.25) is 4.79 Å². The van der Waals surface area contributed by atoms with Crippen molar-refractivity contribution >= 4 is 29.3 Å². The molecular formula is C14H10N2O2S. The third kappa shape index (κ3) is 3.44. The molecule has 19 heavy (non-hydrogen) atoms. The van der Waals surface area contributed by atoms with Gasteiger partial charge in [-0.1, -0.05) is 30.0 Å². The average molecular weight is 270 g/mol. The summed E-state index contributed by atoms with van der Waals surface area (Å²) in [5.74, 6) is 5.93. The smallest absolute Gasteiger partial charge is 0.316 e. The molecule has 2 rings (SSSR count). The van der Waals surface area contributed by atoms with Crippen LogP contribution in [0.15, 0.2) is 36.4 Å². The van der Waals surface area contributed by atoms with Crippen LogP contribution in [-0.4, -0.2) is 12.3 Å². The van der Waals surface area contributed by atoms with Crippen molar-refractivity contribution in [1.82, 2.24) is 0 Å². The van der Waals surface area contributed by atoms with E-state index in [1.807, 2.05) is 30.3 Å². The number of carbonyl (C=O) groups is 2. The Morgan fingerprint density at radius 3 is 2.63 bits per heavy atom. The molecule has 0 unspecified atom stereocenters. The van der Waals surface area contributed by atoms with Crippen molar-refractivity contribution in [2.75, 3.05) is 5.32 Å². The van der Waals surface area contributed by atoms with Gasteiger partial charge in [-0.2, -0.15) is 0 Å². The first-order valence-corrected chi connectivity index (χ1v) is 6.23. The molecule has 0 aliphatic heterocycles. The van der Waals surface area contributed by atoms with Crippen LogP contribution >= 0.6 is 11.3 Å². The van der Waals surface area contributed by atoms with Crippen molar-refractivity contribution in [3.63, 3.8) is 0 Å². The number of urea groups is 1. The molecule has 94 valence electrons. The third-order valence-electron chi connectivity index (χ3n) is 2.23. The molecule has 0 atom stereocenters. The van der Waals surface area contributed by atoms with Crippen molar-refractivity contribution in [2.45, 2.75) is 0 Å². The van der Waals surface area contributed by atoms with E-state index in [0.717, 1.165) is 5.56 Å². The highest BCUT2D eigenvalue weighted by Gasteiger charge is 2.08. The minimum atomic E-state index is -0.705. The van der Waals surface area contributed by atoms with E-state index in [2.05, 4.69) is 17.2 Å². The Morgan fingerprint density at radius 1 is 1.26 bits per heavy atom. The average Bonchev–Trinajstić information content (AvgIpc) is 2.79. The first-order valence-electron chi connectivity index (χ1n) is 5.41. The second-order valence-corrected chi connectivity index (χ2v) is 4.70. The van der Waals surface area contributed by atoms with Crippen molar-refractivity contribution in [1.29, 1.82) is 0 Å². The van der Waals surface area contributed by atoms with E-state index < -0.39 is 6.03 Å². The summed E-state index contributed by atoms with van der Waals surface area (Å²) in [6.45, 7) is 0. The lowest BCUT2D eigenvalue weighted by Crippen LogP contribution is -2.19. The first kappa shape index (κ1) is 12.9. The lowest BCUT2D eigenvalue weighted by Gasteiger charge is -1.96. The van der Waals surface area contributed by atoms with E-state index in [1.165, 1.54) is 11.3 Å². The van der Waals surface area contributed by atoms with Crippen molar-refractivity contribution < 1.29 is 9.59 Å². The maximum atomic E-state index is 10.9. The molecular weight excluding hydrogens is 260 g/mol. The molecule has 0 aliphatic rings. The molecule has 1 aromatic carbocycles. The van der Waals surface area contributed by atoms with Gasteiger partial charge in [0.2, 0.25) is 0 Å². The van der Waals surface area contributed by atoms with Crippen LogP contribution in [0.2, 0.25) is 0 Å². The van der Waals surface area contributed by atoms with Crippen LogP contribution in [0.25, 0.3) is 0 Å². The fourth-order valence-electron chi connectivity index (χ4n) is 1.44. The second-order valence-electron chi connectivity index (χ2n) is 3.61. The Hall–Kier alpha value is -2.58. The number of thiophene rings is 1. The number of primary amides is 1.